The normalized spacial score (nSPS) is 20.6. The molecule has 0 saturated carbocycles. The maximum Gasteiger partial charge on any atom is 0.348 e. The number of amides is 1. The number of hydrogen-bond acceptors (Lipinski definition) is 4. The van der Waals surface area contributed by atoms with Crippen LogP contribution in [-0.4, -0.2) is 31.1 Å². The van der Waals surface area contributed by atoms with Crippen molar-refractivity contribution in [2.45, 2.75) is 25.4 Å². The summed E-state index contributed by atoms with van der Waals surface area (Å²) >= 11 is 0. The Labute approximate surface area is 146 Å². The summed E-state index contributed by atoms with van der Waals surface area (Å²) in [5.41, 5.74) is 3.04. The van der Waals surface area contributed by atoms with E-state index in [9.17, 15) is 9.59 Å². The van der Waals surface area contributed by atoms with Gasteiger partial charge in [-0.15, -0.1) is 0 Å². The maximum absolute atomic E-state index is 12.4. The van der Waals surface area contributed by atoms with E-state index in [1.165, 1.54) is 0 Å². The van der Waals surface area contributed by atoms with E-state index >= 15 is 0 Å². The molecule has 2 aromatic carbocycles. The number of benzene rings is 2. The van der Waals surface area contributed by atoms with Crippen LogP contribution in [0.25, 0.3) is 0 Å². The number of carbonyl (C=O) groups is 2. The summed E-state index contributed by atoms with van der Waals surface area (Å²) in [5, 5.41) is 0. The molecule has 2 unspecified atom stereocenters. The number of ether oxygens (including phenoxy) is 2. The second-order valence-electron chi connectivity index (χ2n) is 6.40. The lowest BCUT2D eigenvalue weighted by atomic mass is 9.98. The third kappa shape index (κ3) is 2.76. The van der Waals surface area contributed by atoms with Crippen molar-refractivity contribution in [1.82, 2.24) is 0 Å². The smallest absolute Gasteiger partial charge is 0.348 e. The van der Waals surface area contributed by atoms with Crippen LogP contribution in [0.3, 0.4) is 0 Å². The number of anilines is 1. The highest BCUT2D eigenvalue weighted by atomic mass is 16.6. The molecule has 0 spiro atoms. The van der Waals surface area contributed by atoms with E-state index in [0.717, 1.165) is 23.2 Å². The van der Waals surface area contributed by atoms with Crippen LogP contribution in [0.4, 0.5) is 5.69 Å². The monoisotopic (exact) mass is 337 g/mol. The Morgan fingerprint density at radius 1 is 1.16 bits per heavy atom. The van der Waals surface area contributed by atoms with Crippen LogP contribution >= 0.6 is 0 Å². The molecule has 5 heteroatoms. The van der Waals surface area contributed by atoms with Gasteiger partial charge < -0.3 is 14.4 Å². The van der Waals surface area contributed by atoms with Gasteiger partial charge in [0.25, 0.3) is 5.91 Å². The van der Waals surface area contributed by atoms with Gasteiger partial charge in [-0.25, -0.2) is 4.79 Å². The second-order valence-corrected chi connectivity index (χ2v) is 6.40. The summed E-state index contributed by atoms with van der Waals surface area (Å²) in [6.45, 7) is 2.28. The lowest BCUT2D eigenvalue weighted by Gasteiger charge is -2.19. The molecule has 5 nitrogen and oxygen atoms in total. The first-order valence-electron chi connectivity index (χ1n) is 8.45. The number of esters is 1. The molecule has 25 heavy (non-hydrogen) atoms. The van der Waals surface area contributed by atoms with Crippen LogP contribution in [0.2, 0.25) is 0 Å². The van der Waals surface area contributed by atoms with Crippen molar-refractivity contribution in [1.29, 1.82) is 0 Å². The summed E-state index contributed by atoms with van der Waals surface area (Å²) in [7, 11) is 0. The topological polar surface area (TPSA) is 55.8 Å². The fourth-order valence-electron chi connectivity index (χ4n) is 3.51. The van der Waals surface area contributed by atoms with Crippen molar-refractivity contribution in [3.8, 4) is 5.75 Å². The zero-order valence-corrected chi connectivity index (χ0v) is 14.0. The molecule has 0 aromatic heterocycles. The fraction of sp³-hybridized carbons (Fsp3) is 0.300. The molecular weight excluding hydrogens is 318 g/mol. The number of fused-ring (bicyclic) bond motifs is 2. The van der Waals surface area contributed by atoms with Gasteiger partial charge in [-0.2, -0.15) is 0 Å². The van der Waals surface area contributed by atoms with Gasteiger partial charge in [0, 0.05) is 23.7 Å². The van der Waals surface area contributed by atoms with Crippen molar-refractivity contribution in [2.24, 2.45) is 0 Å². The van der Waals surface area contributed by atoms with E-state index in [1.54, 1.807) is 4.90 Å². The predicted molar refractivity (Wildman–Crippen MR) is 92.7 cm³/mol. The van der Waals surface area contributed by atoms with Crippen LogP contribution in [0, 0.1) is 0 Å². The van der Waals surface area contributed by atoms with E-state index in [1.807, 2.05) is 55.5 Å². The van der Waals surface area contributed by atoms with Crippen molar-refractivity contribution < 1.29 is 19.1 Å². The summed E-state index contributed by atoms with van der Waals surface area (Å²) in [6, 6.07) is 15.4. The van der Waals surface area contributed by atoms with Crippen LogP contribution in [0.1, 0.15) is 24.0 Å². The van der Waals surface area contributed by atoms with Gasteiger partial charge in [0.15, 0.2) is 6.61 Å². The van der Waals surface area contributed by atoms with Gasteiger partial charge in [0.1, 0.15) is 5.75 Å². The molecule has 0 N–H and O–H groups in total. The first-order valence-corrected chi connectivity index (χ1v) is 8.45. The summed E-state index contributed by atoms with van der Waals surface area (Å²) < 4.78 is 11.0. The van der Waals surface area contributed by atoms with Crippen molar-refractivity contribution in [2.75, 3.05) is 18.1 Å². The van der Waals surface area contributed by atoms with Crippen molar-refractivity contribution in [3.63, 3.8) is 0 Å². The van der Waals surface area contributed by atoms with Gasteiger partial charge >= 0.3 is 5.97 Å². The highest BCUT2D eigenvalue weighted by Gasteiger charge is 2.37. The van der Waals surface area contributed by atoms with E-state index in [0.29, 0.717) is 12.3 Å². The predicted octanol–water partition coefficient (Wildman–Crippen LogP) is 2.68. The molecule has 0 fully saturated rings. The van der Waals surface area contributed by atoms with Crippen LogP contribution in [-0.2, 0) is 20.7 Å². The van der Waals surface area contributed by atoms with Gasteiger partial charge in [-0.3, -0.25) is 4.79 Å². The molecule has 4 rings (SSSR count). The Bertz CT molecular complexity index is 832. The largest absolute Gasteiger partial charge is 0.478 e. The zero-order valence-electron chi connectivity index (χ0n) is 14.0. The molecule has 2 aliphatic rings. The molecule has 0 saturated heterocycles. The molecule has 0 radical (unpaired) electrons. The highest BCUT2D eigenvalue weighted by Crippen LogP contribution is 2.38. The molecule has 0 aliphatic carbocycles. The van der Waals surface area contributed by atoms with Gasteiger partial charge in [-0.1, -0.05) is 43.3 Å². The number of hydrogen-bond donors (Lipinski definition) is 0. The number of para-hydroxylation sites is 2. The number of carbonyl (C=O) groups excluding carboxylic acids is 2. The Hall–Kier alpha value is -2.82. The van der Waals surface area contributed by atoms with E-state index in [2.05, 4.69) is 0 Å². The minimum Gasteiger partial charge on any atom is -0.478 e. The third-order valence-electron chi connectivity index (χ3n) is 4.88. The molecule has 2 heterocycles. The van der Waals surface area contributed by atoms with Gasteiger partial charge in [0.05, 0.1) is 0 Å². The Kier molecular flexibility index (Phi) is 3.92. The minimum atomic E-state index is -0.698. The summed E-state index contributed by atoms with van der Waals surface area (Å²) in [6.07, 6.45) is 0.129. The summed E-state index contributed by atoms with van der Waals surface area (Å²) in [4.78, 5) is 26.5. The van der Waals surface area contributed by atoms with E-state index in [-0.39, 0.29) is 18.4 Å². The average molecular weight is 337 g/mol. The van der Waals surface area contributed by atoms with Crippen LogP contribution in [0.15, 0.2) is 48.5 Å². The van der Waals surface area contributed by atoms with Crippen molar-refractivity contribution >= 4 is 17.6 Å². The van der Waals surface area contributed by atoms with E-state index < -0.39 is 12.1 Å². The molecular formula is C20H19NO4. The van der Waals surface area contributed by atoms with E-state index in [4.69, 9.17) is 9.47 Å². The van der Waals surface area contributed by atoms with Gasteiger partial charge in [0.2, 0.25) is 6.10 Å². The quantitative estimate of drug-likeness (QED) is 0.808. The average Bonchev–Trinajstić information content (AvgIpc) is 3.21. The van der Waals surface area contributed by atoms with Crippen LogP contribution in [0.5, 0.6) is 5.75 Å². The first-order chi connectivity index (χ1) is 12.1. The Balaban J connectivity index is 1.38. The summed E-state index contributed by atoms with van der Waals surface area (Å²) in [5.74, 6) is -0.0888. The standard InChI is InChI=1S/C20H19NO4/c1-13-15-7-3-5-9-17(15)25-19(13)20(23)24-12-18(22)21-11-10-14-6-2-4-8-16(14)21/h2-9,13,19H,10-12H2,1H3. The molecule has 1 amide bonds. The molecule has 2 aliphatic heterocycles. The van der Waals surface area contributed by atoms with Crippen molar-refractivity contribution in [3.05, 3.63) is 59.7 Å². The number of nitrogens with zero attached hydrogens (tertiary/aromatic N) is 1. The Morgan fingerprint density at radius 2 is 1.92 bits per heavy atom. The minimum absolute atomic E-state index is 0.0914. The second kappa shape index (κ2) is 6.24. The first kappa shape index (κ1) is 15.7. The Morgan fingerprint density at radius 3 is 2.76 bits per heavy atom. The zero-order chi connectivity index (χ0) is 17.4. The highest BCUT2D eigenvalue weighted by molar-refractivity contribution is 5.97. The SMILES string of the molecule is CC1c2ccccc2OC1C(=O)OCC(=O)N1CCc2ccccc21. The molecule has 128 valence electrons. The van der Waals surface area contributed by atoms with Crippen LogP contribution < -0.4 is 9.64 Å². The maximum atomic E-state index is 12.4. The fourth-order valence-corrected chi connectivity index (χ4v) is 3.51. The third-order valence-corrected chi connectivity index (χ3v) is 4.88. The molecule has 2 atom stereocenters. The lowest BCUT2D eigenvalue weighted by Crippen LogP contribution is -2.36. The number of rotatable bonds is 3. The lowest BCUT2D eigenvalue weighted by molar-refractivity contribution is -0.154. The molecule has 0 bridgehead atoms. The molecule has 2 aromatic rings. The van der Waals surface area contributed by atoms with Gasteiger partial charge in [-0.05, 0) is 24.1 Å².